The molecule has 0 atom stereocenters. The van der Waals surface area contributed by atoms with E-state index in [-0.39, 0.29) is 0 Å². The van der Waals surface area contributed by atoms with Crippen molar-refractivity contribution in [2.45, 2.75) is 0 Å². The number of para-hydroxylation sites is 3. The van der Waals surface area contributed by atoms with E-state index in [0.29, 0.717) is 5.56 Å². The Kier molecular flexibility index (Phi) is 8.50. The van der Waals surface area contributed by atoms with Gasteiger partial charge < -0.3 is 4.90 Å². The summed E-state index contributed by atoms with van der Waals surface area (Å²) in [6.45, 7) is 0. The molecule has 0 amide bonds. The first-order chi connectivity index (χ1) is 29.7. The number of benzene rings is 10. The number of anilines is 3. The minimum Gasteiger partial charge on any atom is -0.311 e. The van der Waals surface area contributed by atoms with Crippen LogP contribution in [0.25, 0.3) is 82.7 Å². The van der Waals surface area contributed by atoms with E-state index in [9.17, 15) is 5.26 Å². The highest BCUT2D eigenvalue weighted by Crippen LogP contribution is 2.46. The molecule has 0 saturated carbocycles. The minimum atomic E-state index is 0.620. The predicted octanol–water partition coefficient (Wildman–Crippen LogP) is 14.8. The van der Waals surface area contributed by atoms with Gasteiger partial charge in [0.2, 0.25) is 0 Å². The summed E-state index contributed by atoms with van der Waals surface area (Å²) in [5.74, 6) is 0.883. The van der Waals surface area contributed by atoms with Crippen LogP contribution in [-0.4, -0.2) is 9.55 Å². The first-order valence-electron chi connectivity index (χ1n) is 20.2. The van der Waals surface area contributed by atoms with Gasteiger partial charge in [-0.25, -0.2) is 4.98 Å². The average molecular weight is 765 g/mol. The van der Waals surface area contributed by atoms with Crippen LogP contribution in [0.1, 0.15) is 5.56 Å². The van der Waals surface area contributed by atoms with Gasteiger partial charge in [0.1, 0.15) is 5.82 Å². The van der Waals surface area contributed by atoms with E-state index in [1.54, 1.807) is 0 Å². The first-order valence-corrected chi connectivity index (χ1v) is 20.2. The molecular formula is C56H36N4. The smallest absolute Gasteiger partial charge is 0.145 e. The molecule has 280 valence electrons. The molecule has 0 aliphatic rings. The number of nitriles is 1. The van der Waals surface area contributed by atoms with Gasteiger partial charge in [-0.15, -0.1) is 0 Å². The van der Waals surface area contributed by atoms with Gasteiger partial charge in [0, 0.05) is 28.3 Å². The molecule has 0 spiro atoms. The molecule has 4 nitrogen and oxygen atoms in total. The van der Waals surface area contributed by atoms with E-state index < -0.39 is 0 Å². The minimum absolute atomic E-state index is 0.620. The molecule has 11 aromatic rings. The zero-order chi connectivity index (χ0) is 40.0. The number of hydrogen-bond donors (Lipinski definition) is 0. The van der Waals surface area contributed by atoms with E-state index >= 15 is 0 Å². The van der Waals surface area contributed by atoms with Crippen molar-refractivity contribution in [1.29, 1.82) is 5.26 Å². The Labute approximate surface area is 348 Å². The van der Waals surface area contributed by atoms with Crippen molar-refractivity contribution in [2.24, 2.45) is 0 Å². The summed E-state index contributed by atoms with van der Waals surface area (Å²) >= 11 is 0. The van der Waals surface area contributed by atoms with Crippen molar-refractivity contribution < 1.29 is 0 Å². The summed E-state index contributed by atoms with van der Waals surface area (Å²) in [4.78, 5) is 7.35. The number of hydrogen-bond acceptors (Lipinski definition) is 3. The van der Waals surface area contributed by atoms with Crippen LogP contribution in [0.3, 0.4) is 0 Å². The van der Waals surface area contributed by atoms with Crippen LogP contribution in [0.5, 0.6) is 0 Å². The van der Waals surface area contributed by atoms with Crippen LogP contribution in [-0.2, 0) is 0 Å². The summed E-state index contributed by atoms with van der Waals surface area (Å²) in [5, 5.41) is 17.0. The lowest BCUT2D eigenvalue weighted by Crippen LogP contribution is -2.10. The van der Waals surface area contributed by atoms with Gasteiger partial charge in [0.05, 0.1) is 22.7 Å². The molecule has 0 unspecified atom stereocenters. The number of rotatable bonds is 7. The van der Waals surface area contributed by atoms with E-state index in [1.807, 2.05) is 36.4 Å². The molecule has 0 aliphatic heterocycles. The maximum atomic E-state index is 9.64. The highest BCUT2D eigenvalue weighted by molar-refractivity contribution is 6.23. The molecular weight excluding hydrogens is 729 g/mol. The number of aromatic nitrogens is 2. The highest BCUT2D eigenvalue weighted by atomic mass is 15.1. The molecule has 10 aromatic carbocycles. The summed E-state index contributed by atoms with van der Waals surface area (Å²) in [6, 6.07) is 79.2. The average Bonchev–Trinajstić information content (AvgIpc) is 3.71. The standard InChI is InChI=1S/C56H36N4/c57-37-38-25-31-43(32-26-38)59(45-35-29-41(30-36-45)56-58-52-23-10-11-24-53(52)60(56)42-15-2-1-3-16-42)44-33-27-40(28-34-44)54-48-18-6-8-20-50(48)55(51-21-9-7-19-49(51)54)47-22-12-14-39-13-4-5-17-46(39)47/h1-36H. The lowest BCUT2D eigenvalue weighted by Gasteiger charge is -2.26. The zero-order valence-corrected chi connectivity index (χ0v) is 32.6. The fourth-order valence-corrected chi connectivity index (χ4v) is 8.90. The molecule has 0 fully saturated rings. The molecule has 0 bridgehead atoms. The third-order valence-corrected chi connectivity index (χ3v) is 11.6. The van der Waals surface area contributed by atoms with Crippen molar-refractivity contribution in [2.75, 3.05) is 4.90 Å². The number of nitrogens with zero attached hydrogens (tertiary/aromatic N) is 4. The van der Waals surface area contributed by atoms with E-state index in [2.05, 4.69) is 198 Å². The van der Waals surface area contributed by atoms with Crippen LogP contribution in [0.4, 0.5) is 17.1 Å². The topological polar surface area (TPSA) is 44.9 Å². The Morgan fingerprint density at radius 1 is 0.417 bits per heavy atom. The van der Waals surface area contributed by atoms with Gasteiger partial charge in [0.25, 0.3) is 0 Å². The Morgan fingerprint density at radius 2 is 0.917 bits per heavy atom. The Morgan fingerprint density at radius 3 is 1.55 bits per heavy atom. The van der Waals surface area contributed by atoms with Crippen LogP contribution in [0.15, 0.2) is 218 Å². The van der Waals surface area contributed by atoms with E-state index in [1.165, 1.54) is 49.0 Å². The van der Waals surface area contributed by atoms with Gasteiger partial charge in [-0.2, -0.15) is 5.26 Å². The van der Waals surface area contributed by atoms with Crippen molar-refractivity contribution in [3.8, 4) is 45.4 Å². The van der Waals surface area contributed by atoms with E-state index in [0.717, 1.165) is 50.7 Å². The Bertz CT molecular complexity index is 3350. The van der Waals surface area contributed by atoms with Crippen LogP contribution in [0.2, 0.25) is 0 Å². The summed E-state index contributed by atoms with van der Waals surface area (Å²) in [6.07, 6.45) is 0. The SMILES string of the molecule is N#Cc1ccc(N(c2ccc(-c3c4ccccc4c(-c4cccc5ccccc45)c4ccccc34)cc2)c2ccc(-c3nc4ccccc4n3-c3ccccc3)cc2)cc1. The molecule has 4 heteroatoms. The van der Waals surface area contributed by atoms with Crippen molar-refractivity contribution in [3.63, 3.8) is 0 Å². The molecule has 1 aromatic heterocycles. The third kappa shape index (κ3) is 5.88. The largest absolute Gasteiger partial charge is 0.311 e. The van der Waals surface area contributed by atoms with Crippen molar-refractivity contribution in [1.82, 2.24) is 9.55 Å². The number of fused-ring (bicyclic) bond motifs is 4. The molecule has 0 aliphatic carbocycles. The van der Waals surface area contributed by atoms with E-state index in [4.69, 9.17) is 4.98 Å². The lowest BCUT2D eigenvalue weighted by molar-refractivity contribution is 1.10. The van der Waals surface area contributed by atoms with Gasteiger partial charge in [-0.05, 0) is 140 Å². The zero-order valence-electron chi connectivity index (χ0n) is 32.6. The van der Waals surface area contributed by atoms with Crippen molar-refractivity contribution in [3.05, 3.63) is 224 Å². The summed E-state index contributed by atoms with van der Waals surface area (Å²) in [7, 11) is 0. The molecule has 1 heterocycles. The highest BCUT2D eigenvalue weighted by Gasteiger charge is 2.20. The monoisotopic (exact) mass is 764 g/mol. The summed E-state index contributed by atoms with van der Waals surface area (Å²) < 4.78 is 2.23. The van der Waals surface area contributed by atoms with Gasteiger partial charge in [-0.1, -0.05) is 133 Å². The molecule has 60 heavy (non-hydrogen) atoms. The second-order valence-corrected chi connectivity index (χ2v) is 15.1. The molecule has 11 rings (SSSR count). The quantitative estimate of drug-likeness (QED) is 0.152. The Hall–Kier alpha value is -8.26. The summed E-state index contributed by atoms with van der Waals surface area (Å²) in [5.41, 5.74) is 12.5. The Balaban J connectivity index is 1.04. The normalized spacial score (nSPS) is 11.3. The second-order valence-electron chi connectivity index (χ2n) is 15.1. The van der Waals surface area contributed by atoms with Gasteiger partial charge in [-0.3, -0.25) is 4.57 Å². The lowest BCUT2D eigenvalue weighted by atomic mass is 9.85. The van der Waals surface area contributed by atoms with Gasteiger partial charge in [0.15, 0.2) is 0 Å². The predicted molar refractivity (Wildman–Crippen MR) is 249 cm³/mol. The van der Waals surface area contributed by atoms with Gasteiger partial charge >= 0.3 is 0 Å². The number of imidazole rings is 1. The van der Waals surface area contributed by atoms with Crippen LogP contribution in [0, 0.1) is 11.3 Å². The van der Waals surface area contributed by atoms with Crippen LogP contribution >= 0.6 is 0 Å². The fourth-order valence-electron chi connectivity index (χ4n) is 8.90. The van der Waals surface area contributed by atoms with Crippen LogP contribution < -0.4 is 4.90 Å². The first kappa shape index (κ1) is 34.9. The molecule has 0 radical (unpaired) electrons. The maximum Gasteiger partial charge on any atom is 0.145 e. The second kappa shape index (κ2) is 14.6. The maximum absolute atomic E-state index is 9.64. The molecule has 0 saturated heterocycles. The van der Waals surface area contributed by atoms with Crippen molar-refractivity contribution >= 4 is 60.4 Å². The molecule has 0 N–H and O–H groups in total. The third-order valence-electron chi connectivity index (χ3n) is 11.6. The fraction of sp³-hybridized carbons (Fsp3) is 0.